The molecular formula is C2H3LiO. The molecule has 1 rings (SSSR count). The van der Waals surface area contributed by atoms with Gasteiger partial charge in [0.2, 0.25) is 0 Å². The van der Waals surface area contributed by atoms with Gasteiger partial charge >= 0.3 is 18.9 Å². The minimum Gasteiger partial charge on any atom is -0.574 e. The summed E-state index contributed by atoms with van der Waals surface area (Å²) < 4.78 is 4.38. The van der Waals surface area contributed by atoms with Gasteiger partial charge in [0.25, 0.3) is 0 Å². The van der Waals surface area contributed by atoms with Gasteiger partial charge in [0.05, 0.1) is 0 Å². The van der Waals surface area contributed by atoms with Crippen molar-refractivity contribution in [3.05, 3.63) is 6.61 Å². The Morgan fingerprint density at radius 3 is 2.00 bits per heavy atom. The molecule has 2 heteroatoms. The van der Waals surface area contributed by atoms with E-state index < -0.39 is 0 Å². The zero-order valence-corrected chi connectivity index (χ0v) is 2.69. The number of ether oxygens (including phenoxy) is 1. The molecule has 0 aromatic heterocycles. The summed E-state index contributed by atoms with van der Waals surface area (Å²) >= 11 is 0. The summed E-state index contributed by atoms with van der Waals surface area (Å²) in [4.78, 5) is 0. The second-order valence-electron chi connectivity index (χ2n) is 0.500. The summed E-state index contributed by atoms with van der Waals surface area (Å²) in [5.41, 5.74) is 0. The van der Waals surface area contributed by atoms with E-state index in [0.29, 0.717) is 0 Å². The largest absolute Gasteiger partial charge is 1.00 e. The Labute approximate surface area is 37.5 Å². The fraction of sp³-hybridized carbons (Fsp3) is 0.500. The van der Waals surface area contributed by atoms with Crippen molar-refractivity contribution in [2.75, 3.05) is 6.61 Å². The van der Waals surface area contributed by atoms with Crippen molar-refractivity contribution in [1.82, 2.24) is 0 Å². The van der Waals surface area contributed by atoms with Gasteiger partial charge in [0.15, 0.2) is 0 Å². The van der Waals surface area contributed by atoms with Crippen molar-refractivity contribution < 1.29 is 23.6 Å². The minimum absolute atomic E-state index is 0. The molecule has 0 aromatic rings. The quantitative estimate of drug-likeness (QED) is 0.164. The number of hydrogen-bond acceptors (Lipinski definition) is 1. The first kappa shape index (κ1) is 4.56. The van der Waals surface area contributed by atoms with E-state index in [1.165, 1.54) is 0 Å². The third-order valence-electron chi connectivity index (χ3n) is 0.167. The normalized spacial score (nSPS) is 18.0. The molecule has 0 atom stereocenters. The maximum absolute atomic E-state index is 4.38. The third kappa shape index (κ3) is 2.56. The van der Waals surface area contributed by atoms with Crippen molar-refractivity contribution in [2.45, 2.75) is 0 Å². The topological polar surface area (TPSA) is 12.5 Å². The van der Waals surface area contributed by atoms with Crippen LogP contribution in [-0.2, 0) is 4.74 Å². The van der Waals surface area contributed by atoms with E-state index in [4.69, 9.17) is 0 Å². The van der Waals surface area contributed by atoms with Gasteiger partial charge in [0.1, 0.15) is 0 Å². The Balaban J connectivity index is 0.0000000900. The Morgan fingerprint density at radius 1 is 1.75 bits per heavy atom. The van der Waals surface area contributed by atoms with E-state index in [0.717, 1.165) is 6.61 Å². The molecule has 0 unspecified atom stereocenters. The van der Waals surface area contributed by atoms with Gasteiger partial charge in [-0.05, 0) is 0 Å². The van der Waals surface area contributed by atoms with Gasteiger partial charge in [-0.25, -0.2) is 0 Å². The summed E-state index contributed by atoms with van der Waals surface area (Å²) in [5.74, 6) is 0. The average Bonchev–Trinajstić information content (AvgIpc) is 1.46. The van der Waals surface area contributed by atoms with Gasteiger partial charge in [-0.2, -0.15) is 6.61 Å². The van der Waals surface area contributed by atoms with Gasteiger partial charge < -0.3 is 4.74 Å². The van der Waals surface area contributed by atoms with Crippen LogP contribution in [0, 0.1) is 6.61 Å². The predicted octanol–water partition coefficient (Wildman–Crippen LogP) is -2.82. The van der Waals surface area contributed by atoms with Crippen LogP contribution in [-0.4, -0.2) is 6.61 Å². The molecule has 1 saturated heterocycles. The van der Waals surface area contributed by atoms with Crippen LogP contribution in [0.2, 0.25) is 0 Å². The molecule has 0 aliphatic carbocycles. The molecule has 18 valence electrons. The van der Waals surface area contributed by atoms with E-state index in [-0.39, 0.29) is 18.9 Å². The molecule has 0 bridgehead atoms. The van der Waals surface area contributed by atoms with Crippen molar-refractivity contribution in [1.29, 1.82) is 0 Å². The number of hydrogen-bond donors (Lipinski definition) is 0. The van der Waals surface area contributed by atoms with Crippen molar-refractivity contribution in [3.63, 3.8) is 0 Å². The Kier molecular flexibility index (Phi) is 2.09. The second-order valence-corrected chi connectivity index (χ2v) is 0.500. The molecule has 1 heterocycles. The Bertz CT molecular complexity index is 10.8. The number of epoxide rings is 1. The first-order valence-electron chi connectivity index (χ1n) is 0.933. The molecule has 0 amide bonds. The molecule has 0 radical (unpaired) electrons. The van der Waals surface area contributed by atoms with Crippen molar-refractivity contribution >= 4 is 0 Å². The molecular weight excluding hydrogens is 47.0 g/mol. The standard InChI is InChI=1S/C2H3O.Li/c1-2-3-1;/h1H,2H2;/q-1;+1. The molecule has 0 N–H and O–H groups in total. The van der Waals surface area contributed by atoms with Gasteiger partial charge in [-0.3, -0.25) is 0 Å². The summed E-state index contributed by atoms with van der Waals surface area (Å²) in [7, 11) is 0. The van der Waals surface area contributed by atoms with E-state index in [1.807, 2.05) is 0 Å². The SMILES string of the molecule is [CH-]1CO1.[Li+]. The monoisotopic (exact) mass is 50.0 g/mol. The van der Waals surface area contributed by atoms with Gasteiger partial charge in [0, 0.05) is 0 Å². The molecule has 1 aliphatic rings. The minimum atomic E-state index is 0. The first-order chi connectivity index (χ1) is 1.50. The zero-order chi connectivity index (χ0) is 2.12. The smallest absolute Gasteiger partial charge is 0.574 e. The molecule has 1 fully saturated rings. The zero-order valence-electron chi connectivity index (χ0n) is 2.69. The molecule has 4 heavy (non-hydrogen) atoms. The fourth-order valence-electron chi connectivity index (χ4n) is 0. The summed E-state index contributed by atoms with van der Waals surface area (Å²) in [6.45, 7) is 2.62. The predicted molar refractivity (Wildman–Crippen MR) is 10.3 cm³/mol. The van der Waals surface area contributed by atoms with Gasteiger partial charge in [-0.15, -0.1) is 0 Å². The third-order valence-corrected chi connectivity index (χ3v) is 0.167. The van der Waals surface area contributed by atoms with Crippen LogP contribution in [0.25, 0.3) is 0 Å². The van der Waals surface area contributed by atoms with E-state index in [1.54, 1.807) is 6.61 Å². The number of rotatable bonds is 0. The Morgan fingerprint density at radius 2 is 2.00 bits per heavy atom. The van der Waals surface area contributed by atoms with Crippen molar-refractivity contribution in [3.8, 4) is 0 Å². The van der Waals surface area contributed by atoms with E-state index >= 15 is 0 Å². The summed E-state index contributed by atoms with van der Waals surface area (Å²) in [6.07, 6.45) is 0. The molecule has 0 spiro atoms. The van der Waals surface area contributed by atoms with Crippen LogP contribution in [0.3, 0.4) is 0 Å². The Hall–Kier alpha value is 0.557. The summed E-state index contributed by atoms with van der Waals surface area (Å²) in [6, 6.07) is 0. The maximum Gasteiger partial charge on any atom is 1.00 e. The fourth-order valence-corrected chi connectivity index (χ4v) is 0. The van der Waals surface area contributed by atoms with Crippen LogP contribution in [0.5, 0.6) is 0 Å². The summed E-state index contributed by atoms with van der Waals surface area (Å²) in [5, 5.41) is 0. The first-order valence-corrected chi connectivity index (χ1v) is 0.933. The van der Waals surface area contributed by atoms with Crippen molar-refractivity contribution in [2.24, 2.45) is 0 Å². The van der Waals surface area contributed by atoms with Crippen LogP contribution in [0.4, 0.5) is 0 Å². The second kappa shape index (κ2) is 1.84. The van der Waals surface area contributed by atoms with Gasteiger partial charge in [-0.1, -0.05) is 6.61 Å². The average molecular weight is 50.0 g/mol. The molecule has 0 aromatic carbocycles. The molecule has 0 saturated carbocycles. The maximum atomic E-state index is 4.38. The van der Waals surface area contributed by atoms with Crippen LogP contribution >= 0.6 is 0 Å². The van der Waals surface area contributed by atoms with Crippen LogP contribution in [0.15, 0.2) is 0 Å². The van der Waals surface area contributed by atoms with Crippen LogP contribution < -0.4 is 18.9 Å². The molecule has 1 aliphatic heterocycles. The molecule has 1 nitrogen and oxygen atoms in total. The van der Waals surface area contributed by atoms with E-state index in [9.17, 15) is 0 Å². The van der Waals surface area contributed by atoms with Crippen LogP contribution in [0.1, 0.15) is 0 Å². The van der Waals surface area contributed by atoms with E-state index in [2.05, 4.69) is 4.74 Å².